The van der Waals surface area contributed by atoms with E-state index in [2.05, 4.69) is 25.0 Å². The normalized spacial score (nSPS) is 12.8. The molecular formula is C15H21N5O4S. The first-order valence-corrected chi connectivity index (χ1v) is 9.11. The fraction of sp³-hybridized carbons (Fsp3) is 0.400. The van der Waals surface area contributed by atoms with Gasteiger partial charge in [-0.15, -0.1) is 0 Å². The van der Waals surface area contributed by atoms with Gasteiger partial charge in [-0.2, -0.15) is 15.0 Å². The molecule has 0 bridgehead atoms. The summed E-state index contributed by atoms with van der Waals surface area (Å²) in [5.41, 5.74) is 0.437. The first-order valence-electron chi connectivity index (χ1n) is 7.63. The number of anilines is 1. The van der Waals surface area contributed by atoms with E-state index >= 15 is 0 Å². The summed E-state index contributed by atoms with van der Waals surface area (Å²) in [5.74, 6) is 0.0426. The van der Waals surface area contributed by atoms with Gasteiger partial charge in [0.05, 0.1) is 30.9 Å². The number of carbonyl (C=O) groups excluding carboxylic acids is 1. The fourth-order valence-electron chi connectivity index (χ4n) is 2.05. The second-order valence-electron chi connectivity index (χ2n) is 5.70. The zero-order valence-electron chi connectivity index (χ0n) is 14.2. The molecule has 0 aliphatic rings. The monoisotopic (exact) mass is 367 g/mol. The summed E-state index contributed by atoms with van der Waals surface area (Å²) in [6, 6.07) is 5.44. The quantitative estimate of drug-likeness (QED) is 0.765. The number of methoxy groups -OCH3 is 1. The largest absolute Gasteiger partial charge is 0.453 e. The maximum atomic E-state index is 12.6. The Hall–Kier alpha value is -2.46. The first-order chi connectivity index (χ1) is 11.8. The lowest BCUT2D eigenvalue weighted by atomic mass is 10.1. The lowest BCUT2D eigenvalue weighted by Gasteiger charge is -2.21. The van der Waals surface area contributed by atoms with E-state index in [1.54, 1.807) is 12.4 Å². The Labute approximate surface area is 146 Å². The minimum Gasteiger partial charge on any atom is -0.453 e. The van der Waals surface area contributed by atoms with Crippen LogP contribution in [-0.4, -0.2) is 42.7 Å². The third kappa shape index (κ3) is 5.26. The molecule has 9 nitrogen and oxygen atoms in total. The fourth-order valence-corrected chi connectivity index (χ4v) is 3.43. The van der Waals surface area contributed by atoms with Crippen molar-refractivity contribution in [2.24, 2.45) is 5.92 Å². The maximum Gasteiger partial charge on any atom is 0.411 e. The van der Waals surface area contributed by atoms with Crippen LogP contribution < -0.4 is 10.0 Å². The summed E-state index contributed by atoms with van der Waals surface area (Å²) >= 11 is 0. The van der Waals surface area contributed by atoms with Gasteiger partial charge in [0.15, 0.2) is 0 Å². The standard InChI is InChI=1S/C15H21N5O4S/c1-11(2)14(10-20-16-8-9-17-20)19-25(22,23)13-6-4-12(5-7-13)18-15(21)24-3/h4-9,11,14,19H,10H2,1-3H3,(H,18,21). The molecule has 2 aromatic rings. The first kappa shape index (κ1) is 18.9. The molecule has 1 unspecified atom stereocenters. The molecule has 2 N–H and O–H groups in total. The molecule has 2 rings (SSSR count). The topological polar surface area (TPSA) is 115 Å². The van der Waals surface area contributed by atoms with Crippen LogP contribution in [0.5, 0.6) is 0 Å². The van der Waals surface area contributed by atoms with Crippen molar-refractivity contribution in [2.75, 3.05) is 12.4 Å². The molecule has 1 heterocycles. The molecule has 10 heteroatoms. The highest BCUT2D eigenvalue weighted by atomic mass is 32.2. The van der Waals surface area contributed by atoms with Crippen LogP contribution in [0.4, 0.5) is 10.5 Å². The van der Waals surface area contributed by atoms with Crippen LogP contribution in [0.2, 0.25) is 0 Å². The van der Waals surface area contributed by atoms with E-state index in [-0.39, 0.29) is 16.9 Å². The molecule has 1 amide bonds. The van der Waals surface area contributed by atoms with Crippen LogP contribution in [0.25, 0.3) is 0 Å². The number of ether oxygens (including phenoxy) is 1. The van der Waals surface area contributed by atoms with Crippen LogP contribution in [-0.2, 0) is 21.3 Å². The highest BCUT2D eigenvalue weighted by Gasteiger charge is 2.23. The number of nitrogens with zero attached hydrogens (tertiary/aromatic N) is 3. The van der Waals surface area contributed by atoms with Gasteiger partial charge in [-0.1, -0.05) is 13.8 Å². The van der Waals surface area contributed by atoms with Crippen molar-refractivity contribution >= 4 is 21.8 Å². The van der Waals surface area contributed by atoms with Crippen molar-refractivity contribution in [2.45, 2.75) is 31.3 Å². The highest BCUT2D eigenvalue weighted by molar-refractivity contribution is 7.89. The van der Waals surface area contributed by atoms with Crippen molar-refractivity contribution in [3.63, 3.8) is 0 Å². The molecule has 0 fully saturated rings. The van der Waals surface area contributed by atoms with Gasteiger partial charge in [0, 0.05) is 11.7 Å². The minimum absolute atomic E-state index is 0.0426. The second-order valence-corrected chi connectivity index (χ2v) is 7.41. The molecule has 0 saturated carbocycles. The Bertz CT molecular complexity index is 788. The number of benzene rings is 1. The van der Waals surface area contributed by atoms with Gasteiger partial charge in [-0.05, 0) is 30.2 Å². The molecule has 136 valence electrons. The van der Waals surface area contributed by atoms with Gasteiger partial charge < -0.3 is 4.74 Å². The summed E-state index contributed by atoms with van der Waals surface area (Å²) in [7, 11) is -2.47. The number of hydrogen-bond acceptors (Lipinski definition) is 6. The predicted molar refractivity (Wildman–Crippen MR) is 91.4 cm³/mol. The summed E-state index contributed by atoms with van der Waals surface area (Å²) in [6.45, 7) is 4.16. The van der Waals surface area contributed by atoms with Crippen LogP contribution in [0, 0.1) is 5.92 Å². The number of nitrogens with one attached hydrogen (secondary N) is 2. The van der Waals surface area contributed by atoms with Gasteiger partial charge in [0.1, 0.15) is 0 Å². The molecule has 0 spiro atoms. The number of aromatic nitrogens is 3. The molecule has 0 aliphatic heterocycles. The smallest absolute Gasteiger partial charge is 0.411 e. The third-order valence-corrected chi connectivity index (χ3v) is 5.04. The summed E-state index contributed by atoms with van der Waals surface area (Å²) < 4.78 is 32.3. The molecular weight excluding hydrogens is 346 g/mol. The number of sulfonamides is 1. The van der Waals surface area contributed by atoms with E-state index in [4.69, 9.17) is 0 Å². The third-order valence-electron chi connectivity index (χ3n) is 3.53. The Balaban J connectivity index is 2.12. The number of carbonyl (C=O) groups is 1. The van der Waals surface area contributed by atoms with E-state index in [1.807, 2.05) is 13.8 Å². The van der Waals surface area contributed by atoms with E-state index < -0.39 is 16.1 Å². The van der Waals surface area contributed by atoms with Gasteiger partial charge in [0.2, 0.25) is 10.0 Å². The van der Waals surface area contributed by atoms with Gasteiger partial charge in [-0.3, -0.25) is 5.32 Å². The van der Waals surface area contributed by atoms with E-state index in [1.165, 1.54) is 36.2 Å². The Morgan fingerprint density at radius 3 is 2.32 bits per heavy atom. The van der Waals surface area contributed by atoms with Crippen molar-refractivity contribution in [3.05, 3.63) is 36.7 Å². The average molecular weight is 367 g/mol. The SMILES string of the molecule is COC(=O)Nc1ccc(S(=O)(=O)NC(Cn2nccn2)C(C)C)cc1. The van der Waals surface area contributed by atoms with Gasteiger partial charge in [0.25, 0.3) is 0 Å². The molecule has 1 aromatic heterocycles. The Morgan fingerprint density at radius 2 is 1.80 bits per heavy atom. The van der Waals surface area contributed by atoms with Crippen molar-refractivity contribution in [1.82, 2.24) is 19.7 Å². The lowest BCUT2D eigenvalue weighted by Crippen LogP contribution is -2.41. The molecule has 0 saturated heterocycles. The minimum atomic E-state index is -3.72. The summed E-state index contributed by atoms with van der Waals surface area (Å²) in [4.78, 5) is 12.7. The Morgan fingerprint density at radius 1 is 1.20 bits per heavy atom. The van der Waals surface area contributed by atoms with E-state index in [0.717, 1.165) is 0 Å². The molecule has 25 heavy (non-hydrogen) atoms. The van der Waals surface area contributed by atoms with E-state index in [9.17, 15) is 13.2 Å². The molecule has 1 atom stereocenters. The molecule has 0 aliphatic carbocycles. The van der Waals surface area contributed by atoms with Gasteiger partial charge >= 0.3 is 6.09 Å². The van der Waals surface area contributed by atoms with Crippen LogP contribution in [0.1, 0.15) is 13.8 Å². The number of amides is 1. The zero-order valence-corrected chi connectivity index (χ0v) is 15.0. The zero-order chi connectivity index (χ0) is 18.4. The lowest BCUT2D eigenvalue weighted by molar-refractivity contribution is 0.187. The predicted octanol–water partition coefficient (Wildman–Crippen LogP) is 1.46. The van der Waals surface area contributed by atoms with E-state index in [0.29, 0.717) is 12.2 Å². The van der Waals surface area contributed by atoms with Crippen molar-refractivity contribution in [3.8, 4) is 0 Å². The Kier molecular flexibility index (Phi) is 6.10. The highest BCUT2D eigenvalue weighted by Crippen LogP contribution is 2.16. The second kappa shape index (κ2) is 8.08. The average Bonchev–Trinajstić information content (AvgIpc) is 3.07. The van der Waals surface area contributed by atoms with Crippen molar-refractivity contribution in [1.29, 1.82) is 0 Å². The maximum absolute atomic E-state index is 12.6. The van der Waals surface area contributed by atoms with Crippen molar-refractivity contribution < 1.29 is 17.9 Å². The molecule has 0 radical (unpaired) electrons. The van der Waals surface area contributed by atoms with Gasteiger partial charge in [-0.25, -0.2) is 17.9 Å². The summed E-state index contributed by atoms with van der Waals surface area (Å²) in [6.07, 6.45) is 2.46. The van der Waals surface area contributed by atoms with Crippen LogP contribution in [0.3, 0.4) is 0 Å². The number of hydrogen-bond donors (Lipinski definition) is 2. The van der Waals surface area contributed by atoms with Crippen LogP contribution in [0.15, 0.2) is 41.6 Å². The molecule has 1 aromatic carbocycles. The number of rotatable bonds is 7. The van der Waals surface area contributed by atoms with Crippen LogP contribution >= 0.6 is 0 Å². The summed E-state index contributed by atoms with van der Waals surface area (Å²) in [5, 5.41) is 10.5.